The summed E-state index contributed by atoms with van der Waals surface area (Å²) in [5.41, 5.74) is 8.67. The smallest absolute Gasteiger partial charge is 0.165 e. The Labute approximate surface area is 252 Å². The van der Waals surface area contributed by atoms with Gasteiger partial charge in [0.15, 0.2) is 5.65 Å². The van der Waals surface area contributed by atoms with Gasteiger partial charge in [0.05, 0.1) is 22.1 Å². The molecule has 43 heavy (non-hydrogen) atoms. The predicted molar refractivity (Wildman–Crippen MR) is 185 cm³/mol. The standard InChI is InChI=1S/C38H19N3S2/c1-5-14-30-22(8-1)23-11-7-10-21(37(23)43-30)20-16-17-29-25(18-20)34-33-24-9-2-6-15-31(24)42-32(33)19-26-35-38(41(29)36(26)34)40-28-13-4-3-12-27(28)39-35/h1-19H. The Bertz CT molecular complexity index is 2960. The quantitative estimate of drug-likeness (QED) is 0.193. The average Bonchev–Trinajstić information content (AvgIpc) is 3.79. The van der Waals surface area contributed by atoms with Crippen LogP contribution >= 0.6 is 22.7 Å². The molecule has 6 aromatic carbocycles. The van der Waals surface area contributed by atoms with Crippen LogP contribution in [0, 0.1) is 0 Å². The summed E-state index contributed by atoms with van der Waals surface area (Å²) in [6, 6.07) is 41.8. The molecule has 0 aliphatic rings. The summed E-state index contributed by atoms with van der Waals surface area (Å²) < 4.78 is 7.64. The highest BCUT2D eigenvalue weighted by atomic mass is 32.1. The zero-order chi connectivity index (χ0) is 27.8. The van der Waals surface area contributed by atoms with Gasteiger partial charge < -0.3 is 0 Å². The van der Waals surface area contributed by atoms with E-state index in [1.807, 2.05) is 34.8 Å². The fourth-order valence-corrected chi connectivity index (χ4v) is 9.69. The van der Waals surface area contributed by atoms with E-state index in [2.05, 4.69) is 108 Å². The summed E-state index contributed by atoms with van der Waals surface area (Å²) >= 11 is 3.76. The van der Waals surface area contributed by atoms with Gasteiger partial charge in [-0.05, 0) is 53.6 Å². The molecule has 0 saturated heterocycles. The van der Waals surface area contributed by atoms with Crippen LogP contribution in [-0.2, 0) is 0 Å². The maximum atomic E-state index is 5.21. The Morgan fingerprint density at radius 2 is 1.26 bits per heavy atom. The third-order valence-electron chi connectivity index (χ3n) is 9.10. The minimum atomic E-state index is 0.921. The number of thiophene rings is 2. The lowest BCUT2D eigenvalue weighted by atomic mass is 9.98. The van der Waals surface area contributed by atoms with Crippen molar-refractivity contribution in [3.05, 3.63) is 115 Å². The van der Waals surface area contributed by atoms with Crippen molar-refractivity contribution in [3.63, 3.8) is 0 Å². The second-order valence-electron chi connectivity index (χ2n) is 11.4. The van der Waals surface area contributed by atoms with Gasteiger partial charge >= 0.3 is 0 Å². The first-order valence-corrected chi connectivity index (χ1v) is 16.1. The highest BCUT2D eigenvalue weighted by Crippen LogP contribution is 2.48. The van der Waals surface area contributed by atoms with E-state index in [-0.39, 0.29) is 0 Å². The molecule has 3 nitrogen and oxygen atoms in total. The average molecular weight is 582 g/mol. The first-order chi connectivity index (χ1) is 21.3. The van der Waals surface area contributed by atoms with Crippen LogP contribution in [0.2, 0.25) is 0 Å². The first kappa shape index (κ1) is 22.5. The van der Waals surface area contributed by atoms with Crippen LogP contribution in [0.25, 0.3) is 101 Å². The molecule has 0 amide bonds. The van der Waals surface area contributed by atoms with E-state index in [1.54, 1.807) is 0 Å². The summed E-state index contributed by atoms with van der Waals surface area (Å²) in [5.74, 6) is 0. The summed E-state index contributed by atoms with van der Waals surface area (Å²) in [6.45, 7) is 0. The second-order valence-corrected chi connectivity index (χ2v) is 13.5. The molecule has 0 fully saturated rings. The van der Waals surface area contributed by atoms with Crippen molar-refractivity contribution in [2.75, 3.05) is 0 Å². The number of hydrogen-bond acceptors (Lipinski definition) is 4. The van der Waals surface area contributed by atoms with Gasteiger partial charge in [0.2, 0.25) is 0 Å². The number of benzene rings is 6. The van der Waals surface area contributed by atoms with Gasteiger partial charge in [0, 0.05) is 56.5 Å². The third-order valence-corrected chi connectivity index (χ3v) is 11.4. The highest BCUT2D eigenvalue weighted by molar-refractivity contribution is 7.26. The van der Waals surface area contributed by atoms with Crippen molar-refractivity contribution in [2.24, 2.45) is 0 Å². The summed E-state index contributed by atoms with van der Waals surface area (Å²) in [7, 11) is 0. The lowest BCUT2D eigenvalue weighted by molar-refractivity contribution is 1.28. The van der Waals surface area contributed by atoms with Crippen molar-refractivity contribution in [2.45, 2.75) is 0 Å². The number of nitrogens with zero attached hydrogens (tertiary/aromatic N) is 3. The number of aromatic nitrogens is 3. The molecule has 0 aliphatic heterocycles. The Kier molecular flexibility index (Phi) is 4.10. The highest BCUT2D eigenvalue weighted by Gasteiger charge is 2.24. The van der Waals surface area contributed by atoms with Crippen LogP contribution in [0.3, 0.4) is 0 Å². The molecule has 0 aliphatic carbocycles. The molecule has 5 aromatic heterocycles. The molecule has 5 heteroatoms. The number of hydrogen-bond donors (Lipinski definition) is 0. The van der Waals surface area contributed by atoms with E-state index < -0.39 is 0 Å². The Hall–Kier alpha value is -5.10. The largest absolute Gasteiger partial charge is 0.291 e. The molecule has 0 radical (unpaired) electrons. The molecule has 11 aromatic rings. The van der Waals surface area contributed by atoms with Crippen LogP contribution in [0.4, 0.5) is 0 Å². The van der Waals surface area contributed by atoms with Crippen LogP contribution in [0.15, 0.2) is 115 Å². The van der Waals surface area contributed by atoms with E-state index >= 15 is 0 Å². The number of rotatable bonds is 1. The van der Waals surface area contributed by atoms with E-state index in [1.165, 1.54) is 78.7 Å². The molecule has 198 valence electrons. The van der Waals surface area contributed by atoms with Crippen LogP contribution in [0.5, 0.6) is 0 Å². The number of para-hydroxylation sites is 2. The van der Waals surface area contributed by atoms with Crippen LogP contribution < -0.4 is 0 Å². The number of fused-ring (bicyclic) bond motifs is 14. The monoisotopic (exact) mass is 581 g/mol. The topological polar surface area (TPSA) is 30.2 Å². The molecule has 5 heterocycles. The van der Waals surface area contributed by atoms with Crippen molar-refractivity contribution in [3.8, 4) is 11.1 Å². The molecule has 0 atom stereocenters. The van der Waals surface area contributed by atoms with Gasteiger partial charge in [-0.2, -0.15) is 0 Å². The van der Waals surface area contributed by atoms with Gasteiger partial charge in [0.25, 0.3) is 0 Å². The van der Waals surface area contributed by atoms with Gasteiger partial charge in [-0.1, -0.05) is 72.8 Å². The maximum absolute atomic E-state index is 5.21. The lowest BCUT2D eigenvalue weighted by Crippen LogP contribution is -1.89. The van der Waals surface area contributed by atoms with E-state index in [0.717, 1.165) is 22.2 Å². The van der Waals surface area contributed by atoms with Gasteiger partial charge in [-0.3, -0.25) is 4.40 Å². The van der Waals surface area contributed by atoms with Crippen molar-refractivity contribution < 1.29 is 0 Å². The minimum absolute atomic E-state index is 0.921. The molecule has 0 N–H and O–H groups in total. The van der Waals surface area contributed by atoms with Crippen molar-refractivity contribution in [1.82, 2.24) is 14.4 Å². The molecule has 0 unspecified atom stereocenters. The zero-order valence-corrected chi connectivity index (χ0v) is 24.3. The van der Waals surface area contributed by atoms with Gasteiger partial charge in [-0.15, -0.1) is 22.7 Å². The molecule has 0 spiro atoms. The fourth-order valence-electron chi connectivity index (χ4n) is 7.29. The maximum Gasteiger partial charge on any atom is 0.165 e. The van der Waals surface area contributed by atoms with Crippen LogP contribution in [-0.4, -0.2) is 14.4 Å². The van der Waals surface area contributed by atoms with E-state index in [4.69, 9.17) is 9.97 Å². The molecule has 0 saturated carbocycles. The van der Waals surface area contributed by atoms with Crippen LogP contribution in [0.1, 0.15) is 0 Å². The van der Waals surface area contributed by atoms with Gasteiger partial charge in [-0.25, -0.2) is 9.97 Å². The van der Waals surface area contributed by atoms with E-state index in [0.29, 0.717) is 0 Å². The summed E-state index contributed by atoms with van der Waals surface area (Å²) in [6.07, 6.45) is 0. The Morgan fingerprint density at radius 3 is 2.14 bits per heavy atom. The van der Waals surface area contributed by atoms with Crippen molar-refractivity contribution >= 4 is 112 Å². The zero-order valence-electron chi connectivity index (χ0n) is 22.6. The lowest BCUT2D eigenvalue weighted by Gasteiger charge is -2.06. The van der Waals surface area contributed by atoms with Gasteiger partial charge in [0.1, 0.15) is 5.52 Å². The molecular weight excluding hydrogens is 563 g/mol. The summed E-state index contributed by atoms with van der Waals surface area (Å²) in [5, 5.41) is 9.04. The second kappa shape index (κ2) is 7.84. The fraction of sp³-hybridized carbons (Fsp3) is 0. The SMILES string of the molecule is c1ccc2nc3c(nc2c1)c1cc2sc4ccccc4c2c2c4cc(-c5cccc6c5sc5ccccc56)ccc4n3c12. The van der Waals surface area contributed by atoms with E-state index in [9.17, 15) is 0 Å². The Balaban J connectivity index is 1.34. The molecule has 0 bridgehead atoms. The Morgan fingerprint density at radius 1 is 0.512 bits per heavy atom. The predicted octanol–water partition coefficient (Wildman–Crippen LogP) is 11.2. The molecule has 11 rings (SSSR count). The normalized spacial score (nSPS) is 12.7. The van der Waals surface area contributed by atoms with Crippen molar-refractivity contribution in [1.29, 1.82) is 0 Å². The molecular formula is C38H19N3S2. The minimum Gasteiger partial charge on any atom is -0.291 e. The third kappa shape index (κ3) is 2.79. The first-order valence-electron chi connectivity index (χ1n) is 14.4. The summed E-state index contributed by atoms with van der Waals surface area (Å²) in [4.78, 5) is 10.4.